The highest BCUT2D eigenvalue weighted by Crippen LogP contribution is 2.24. The van der Waals surface area contributed by atoms with Crippen LogP contribution in [-0.4, -0.2) is 58.3 Å². The van der Waals surface area contributed by atoms with Gasteiger partial charge in [-0.15, -0.1) is 0 Å². The largest absolute Gasteiger partial charge is 0.508 e. The van der Waals surface area contributed by atoms with Gasteiger partial charge in [0.1, 0.15) is 11.8 Å². The average Bonchev–Trinajstić information content (AvgIpc) is 3.13. The van der Waals surface area contributed by atoms with E-state index < -0.39 is 0 Å². The Labute approximate surface area is 153 Å². The van der Waals surface area contributed by atoms with Gasteiger partial charge in [0.05, 0.1) is 0 Å². The Morgan fingerprint density at radius 3 is 2.31 bits per heavy atom. The summed E-state index contributed by atoms with van der Waals surface area (Å²) >= 11 is 0. The molecule has 7 nitrogen and oxygen atoms in total. The Bertz CT molecular complexity index is 681. The Kier molecular flexibility index (Phi) is 5.44. The number of anilines is 1. The van der Waals surface area contributed by atoms with Crippen molar-refractivity contribution in [2.24, 2.45) is 5.92 Å². The van der Waals surface area contributed by atoms with Gasteiger partial charge < -0.3 is 20.2 Å². The summed E-state index contributed by atoms with van der Waals surface area (Å²) in [4.78, 5) is 40.2. The second-order valence-electron chi connectivity index (χ2n) is 7.01. The molecule has 1 atom stereocenters. The molecule has 2 heterocycles. The fraction of sp³-hybridized carbons (Fsp3) is 0.526. The molecule has 0 radical (unpaired) electrons. The molecule has 2 aliphatic heterocycles. The summed E-state index contributed by atoms with van der Waals surface area (Å²) in [5, 5.41) is 12.1. The number of phenols is 1. The first kappa shape index (κ1) is 18.2. The van der Waals surface area contributed by atoms with E-state index in [9.17, 15) is 19.5 Å². The van der Waals surface area contributed by atoms with Crippen LogP contribution < -0.4 is 5.32 Å². The summed E-state index contributed by atoms with van der Waals surface area (Å²) in [6.45, 7) is 3.23. The minimum atomic E-state index is -0.338. The molecule has 26 heavy (non-hydrogen) atoms. The van der Waals surface area contributed by atoms with E-state index in [1.165, 1.54) is 19.1 Å². The minimum Gasteiger partial charge on any atom is -0.508 e. The lowest BCUT2D eigenvalue weighted by Crippen LogP contribution is -2.50. The van der Waals surface area contributed by atoms with E-state index in [-0.39, 0.29) is 35.4 Å². The third kappa shape index (κ3) is 3.98. The van der Waals surface area contributed by atoms with Crippen LogP contribution in [0.3, 0.4) is 0 Å². The molecular formula is C19H25N3O4. The van der Waals surface area contributed by atoms with Gasteiger partial charge in [0.2, 0.25) is 17.7 Å². The number of rotatable bonds is 3. The standard InChI is InChI=1S/C19H25N3O4/c1-13(23)22-10-2-3-17(22)19(26)21-11-8-14(9-12-21)18(25)20-15-4-6-16(24)7-5-15/h4-7,14,17,24H,2-3,8-12H2,1H3,(H,20,25)/t17-/m1/s1. The van der Waals surface area contributed by atoms with Crippen molar-refractivity contribution < 1.29 is 19.5 Å². The van der Waals surface area contributed by atoms with Gasteiger partial charge in [0.25, 0.3) is 0 Å². The van der Waals surface area contributed by atoms with Crippen LogP contribution in [0.5, 0.6) is 5.75 Å². The van der Waals surface area contributed by atoms with Crippen molar-refractivity contribution in [1.29, 1.82) is 0 Å². The van der Waals surface area contributed by atoms with Gasteiger partial charge in [-0.1, -0.05) is 0 Å². The molecule has 0 spiro atoms. The summed E-state index contributed by atoms with van der Waals surface area (Å²) in [5.74, 6) is -0.0881. The number of benzene rings is 1. The number of amides is 3. The van der Waals surface area contributed by atoms with Crippen molar-refractivity contribution in [1.82, 2.24) is 9.80 Å². The monoisotopic (exact) mass is 359 g/mol. The molecule has 2 N–H and O–H groups in total. The van der Waals surface area contributed by atoms with E-state index >= 15 is 0 Å². The molecule has 0 bridgehead atoms. The quantitative estimate of drug-likeness (QED) is 0.802. The van der Waals surface area contributed by atoms with E-state index in [1.807, 2.05) is 0 Å². The van der Waals surface area contributed by atoms with Gasteiger partial charge in [0, 0.05) is 38.2 Å². The number of aromatic hydroxyl groups is 1. The fourth-order valence-corrected chi connectivity index (χ4v) is 3.76. The lowest BCUT2D eigenvalue weighted by molar-refractivity contribution is -0.144. The Balaban J connectivity index is 1.52. The first-order valence-corrected chi connectivity index (χ1v) is 9.11. The average molecular weight is 359 g/mol. The van der Waals surface area contributed by atoms with Crippen LogP contribution in [0.25, 0.3) is 0 Å². The third-order valence-electron chi connectivity index (χ3n) is 5.25. The molecule has 3 amide bonds. The maximum absolute atomic E-state index is 12.7. The molecule has 0 aromatic heterocycles. The Hall–Kier alpha value is -2.57. The number of hydrogen-bond acceptors (Lipinski definition) is 4. The van der Waals surface area contributed by atoms with Gasteiger partial charge in [-0.05, 0) is 49.9 Å². The smallest absolute Gasteiger partial charge is 0.245 e. The van der Waals surface area contributed by atoms with Gasteiger partial charge >= 0.3 is 0 Å². The maximum Gasteiger partial charge on any atom is 0.245 e. The van der Waals surface area contributed by atoms with Crippen LogP contribution in [0.15, 0.2) is 24.3 Å². The highest BCUT2D eigenvalue weighted by Gasteiger charge is 2.37. The molecule has 0 aliphatic carbocycles. The van der Waals surface area contributed by atoms with E-state index in [1.54, 1.807) is 21.9 Å². The van der Waals surface area contributed by atoms with Gasteiger partial charge in [-0.2, -0.15) is 0 Å². The summed E-state index contributed by atoms with van der Waals surface area (Å²) < 4.78 is 0. The van der Waals surface area contributed by atoms with E-state index in [2.05, 4.69) is 5.32 Å². The predicted molar refractivity (Wildman–Crippen MR) is 96.4 cm³/mol. The van der Waals surface area contributed by atoms with Gasteiger partial charge in [-0.25, -0.2) is 0 Å². The number of nitrogens with one attached hydrogen (secondary N) is 1. The lowest BCUT2D eigenvalue weighted by atomic mass is 9.95. The molecule has 7 heteroatoms. The Morgan fingerprint density at radius 1 is 1.04 bits per heavy atom. The number of phenolic OH excluding ortho intramolecular Hbond substituents is 1. The molecule has 140 valence electrons. The van der Waals surface area contributed by atoms with Crippen LogP contribution >= 0.6 is 0 Å². The van der Waals surface area contributed by atoms with Crippen LogP contribution in [0.1, 0.15) is 32.6 Å². The third-order valence-corrected chi connectivity index (χ3v) is 5.25. The van der Waals surface area contributed by atoms with Crippen molar-refractivity contribution in [2.45, 2.75) is 38.6 Å². The summed E-state index contributed by atoms with van der Waals surface area (Å²) in [6.07, 6.45) is 2.81. The van der Waals surface area contributed by atoms with Crippen LogP contribution in [0.2, 0.25) is 0 Å². The van der Waals surface area contributed by atoms with Crippen LogP contribution in [0.4, 0.5) is 5.69 Å². The normalized spacial score (nSPS) is 20.9. The number of piperidine rings is 1. The van der Waals surface area contributed by atoms with Gasteiger partial charge in [-0.3, -0.25) is 14.4 Å². The first-order valence-electron chi connectivity index (χ1n) is 9.11. The zero-order valence-electron chi connectivity index (χ0n) is 15.0. The zero-order chi connectivity index (χ0) is 18.7. The summed E-state index contributed by atoms with van der Waals surface area (Å²) in [5.41, 5.74) is 0.648. The van der Waals surface area contributed by atoms with Crippen molar-refractivity contribution in [3.8, 4) is 5.75 Å². The highest BCUT2D eigenvalue weighted by molar-refractivity contribution is 5.93. The van der Waals surface area contributed by atoms with Crippen molar-refractivity contribution in [2.75, 3.05) is 25.0 Å². The minimum absolute atomic E-state index is 0.00935. The topological polar surface area (TPSA) is 90.0 Å². The second-order valence-corrected chi connectivity index (χ2v) is 7.01. The molecule has 0 unspecified atom stereocenters. The van der Waals surface area contributed by atoms with Crippen LogP contribution in [-0.2, 0) is 14.4 Å². The predicted octanol–water partition coefficient (Wildman–Crippen LogP) is 1.58. The molecule has 0 saturated carbocycles. The Morgan fingerprint density at radius 2 is 1.69 bits per heavy atom. The fourth-order valence-electron chi connectivity index (χ4n) is 3.76. The molecule has 2 fully saturated rings. The first-order chi connectivity index (χ1) is 12.5. The number of nitrogens with zero attached hydrogens (tertiary/aromatic N) is 2. The van der Waals surface area contributed by atoms with Gasteiger partial charge in [0.15, 0.2) is 0 Å². The van der Waals surface area contributed by atoms with E-state index in [0.29, 0.717) is 38.2 Å². The highest BCUT2D eigenvalue weighted by atomic mass is 16.3. The summed E-state index contributed by atoms with van der Waals surface area (Å²) in [6, 6.07) is 6.03. The number of likely N-dealkylation sites (tertiary alicyclic amines) is 2. The molecule has 1 aromatic carbocycles. The summed E-state index contributed by atoms with van der Waals surface area (Å²) in [7, 11) is 0. The zero-order valence-corrected chi connectivity index (χ0v) is 15.0. The van der Waals surface area contributed by atoms with E-state index in [4.69, 9.17) is 0 Å². The number of carbonyl (C=O) groups excluding carboxylic acids is 3. The molecule has 3 rings (SSSR count). The molecular weight excluding hydrogens is 334 g/mol. The number of carbonyl (C=O) groups is 3. The SMILES string of the molecule is CC(=O)N1CCC[C@@H]1C(=O)N1CCC(C(=O)Nc2ccc(O)cc2)CC1. The maximum atomic E-state index is 12.7. The van der Waals surface area contributed by atoms with Crippen molar-refractivity contribution >= 4 is 23.4 Å². The molecule has 1 aromatic rings. The van der Waals surface area contributed by atoms with E-state index in [0.717, 1.165) is 12.8 Å². The molecule has 2 saturated heterocycles. The molecule has 2 aliphatic rings. The van der Waals surface area contributed by atoms with Crippen molar-refractivity contribution in [3.63, 3.8) is 0 Å². The second kappa shape index (κ2) is 7.76. The van der Waals surface area contributed by atoms with Crippen molar-refractivity contribution in [3.05, 3.63) is 24.3 Å². The number of hydrogen-bond donors (Lipinski definition) is 2. The lowest BCUT2D eigenvalue weighted by Gasteiger charge is -2.34. The van der Waals surface area contributed by atoms with Crippen LogP contribution in [0, 0.1) is 5.92 Å².